The summed E-state index contributed by atoms with van der Waals surface area (Å²) in [5, 5.41) is 4.14. The van der Waals surface area contributed by atoms with Gasteiger partial charge in [-0.3, -0.25) is 14.5 Å². The van der Waals surface area contributed by atoms with Gasteiger partial charge >= 0.3 is 0 Å². The van der Waals surface area contributed by atoms with E-state index in [4.69, 9.17) is 16.0 Å². The van der Waals surface area contributed by atoms with Gasteiger partial charge in [-0.25, -0.2) is 0 Å². The second kappa shape index (κ2) is 9.02. The molecule has 5 nitrogen and oxygen atoms in total. The van der Waals surface area contributed by atoms with Gasteiger partial charge < -0.3 is 9.73 Å². The maximum absolute atomic E-state index is 12.8. The standard InChI is InChI=1S/C24H25ClN2O3/c1-16-5-10-22-19(13-16)21(28)14-23(30-22)24(29)26-15-20(27-11-3-2-4-12-27)17-6-8-18(25)9-7-17/h5-10,13-14,20H,2-4,11-12,15H2,1H3,(H,26,29). The number of fused-ring (bicyclic) bond motifs is 1. The third-order valence-corrected chi connectivity index (χ3v) is 5.90. The average molecular weight is 425 g/mol. The molecule has 1 aliphatic rings. The molecule has 2 aromatic carbocycles. The molecule has 0 radical (unpaired) electrons. The van der Waals surface area contributed by atoms with E-state index in [1.54, 1.807) is 12.1 Å². The van der Waals surface area contributed by atoms with Crippen molar-refractivity contribution in [1.82, 2.24) is 10.2 Å². The number of nitrogens with zero attached hydrogens (tertiary/aromatic N) is 1. The van der Waals surface area contributed by atoms with E-state index in [2.05, 4.69) is 10.2 Å². The highest BCUT2D eigenvalue weighted by molar-refractivity contribution is 6.30. The van der Waals surface area contributed by atoms with Crippen LogP contribution in [0.15, 0.2) is 57.7 Å². The van der Waals surface area contributed by atoms with Crippen molar-refractivity contribution in [3.63, 3.8) is 0 Å². The summed E-state index contributed by atoms with van der Waals surface area (Å²) in [5.41, 5.74) is 2.29. The van der Waals surface area contributed by atoms with E-state index in [0.717, 1.165) is 37.1 Å². The fourth-order valence-corrected chi connectivity index (χ4v) is 4.16. The molecule has 6 heteroatoms. The van der Waals surface area contributed by atoms with Crippen molar-refractivity contribution < 1.29 is 9.21 Å². The number of benzene rings is 2. The van der Waals surface area contributed by atoms with Crippen molar-refractivity contribution in [3.8, 4) is 0 Å². The third-order valence-electron chi connectivity index (χ3n) is 5.65. The third kappa shape index (κ3) is 4.58. The highest BCUT2D eigenvalue weighted by atomic mass is 35.5. The van der Waals surface area contributed by atoms with Gasteiger partial charge in [0, 0.05) is 17.6 Å². The summed E-state index contributed by atoms with van der Waals surface area (Å²) in [6.45, 7) is 4.33. The van der Waals surface area contributed by atoms with Gasteiger partial charge in [0.1, 0.15) is 5.58 Å². The molecule has 1 saturated heterocycles. The highest BCUT2D eigenvalue weighted by Gasteiger charge is 2.23. The quantitative estimate of drug-likeness (QED) is 0.644. The first-order valence-corrected chi connectivity index (χ1v) is 10.7. The number of nitrogens with one attached hydrogen (secondary N) is 1. The molecule has 2 heterocycles. The largest absolute Gasteiger partial charge is 0.451 e. The van der Waals surface area contributed by atoms with Crippen LogP contribution in [0.2, 0.25) is 5.02 Å². The van der Waals surface area contributed by atoms with Crippen molar-refractivity contribution in [2.24, 2.45) is 0 Å². The highest BCUT2D eigenvalue weighted by Crippen LogP contribution is 2.25. The van der Waals surface area contributed by atoms with E-state index in [0.29, 0.717) is 22.5 Å². The molecule has 1 N–H and O–H groups in total. The Morgan fingerprint density at radius 3 is 2.57 bits per heavy atom. The molecule has 1 aliphatic heterocycles. The number of aryl methyl sites for hydroxylation is 1. The molecular weight excluding hydrogens is 400 g/mol. The van der Waals surface area contributed by atoms with E-state index in [1.807, 2.05) is 37.3 Å². The molecule has 156 valence electrons. The van der Waals surface area contributed by atoms with Crippen LogP contribution < -0.4 is 10.7 Å². The average Bonchev–Trinajstić information content (AvgIpc) is 2.76. The van der Waals surface area contributed by atoms with Crippen LogP contribution in [0.3, 0.4) is 0 Å². The van der Waals surface area contributed by atoms with E-state index < -0.39 is 0 Å². The predicted molar refractivity (Wildman–Crippen MR) is 119 cm³/mol. The molecular formula is C24H25ClN2O3. The minimum absolute atomic E-state index is 0.0323. The lowest BCUT2D eigenvalue weighted by atomic mass is 10.0. The molecule has 1 fully saturated rings. The Morgan fingerprint density at radius 2 is 1.83 bits per heavy atom. The molecule has 0 bridgehead atoms. The number of carbonyl (C=O) groups excluding carboxylic acids is 1. The predicted octanol–water partition coefficient (Wildman–Crippen LogP) is 4.71. The van der Waals surface area contributed by atoms with Crippen molar-refractivity contribution in [1.29, 1.82) is 0 Å². The van der Waals surface area contributed by atoms with E-state index >= 15 is 0 Å². The minimum atomic E-state index is -0.384. The van der Waals surface area contributed by atoms with E-state index in [1.165, 1.54) is 12.5 Å². The Labute approximate surface area is 180 Å². The zero-order valence-electron chi connectivity index (χ0n) is 17.0. The summed E-state index contributed by atoms with van der Waals surface area (Å²) < 4.78 is 5.72. The minimum Gasteiger partial charge on any atom is -0.451 e. The molecule has 3 aromatic rings. The fourth-order valence-electron chi connectivity index (χ4n) is 4.03. The number of amides is 1. The first-order chi connectivity index (χ1) is 14.5. The van der Waals surface area contributed by atoms with Crippen molar-refractivity contribution in [3.05, 3.63) is 80.7 Å². The normalized spacial score (nSPS) is 15.8. The molecule has 1 aromatic heterocycles. The number of carbonyl (C=O) groups is 1. The second-order valence-electron chi connectivity index (χ2n) is 7.85. The first-order valence-electron chi connectivity index (χ1n) is 10.3. The Morgan fingerprint density at radius 1 is 1.10 bits per heavy atom. The summed E-state index contributed by atoms with van der Waals surface area (Å²) in [6, 6.07) is 14.4. The van der Waals surface area contributed by atoms with Crippen LogP contribution in [-0.2, 0) is 0 Å². The Hall–Kier alpha value is -2.63. The van der Waals surface area contributed by atoms with Gasteiger partial charge in [-0.2, -0.15) is 0 Å². The smallest absolute Gasteiger partial charge is 0.287 e. The summed E-state index contributed by atoms with van der Waals surface area (Å²) in [5.74, 6) is -0.351. The summed E-state index contributed by atoms with van der Waals surface area (Å²) in [4.78, 5) is 27.6. The summed E-state index contributed by atoms with van der Waals surface area (Å²) in [7, 11) is 0. The van der Waals surface area contributed by atoms with E-state index in [-0.39, 0.29) is 23.1 Å². The van der Waals surface area contributed by atoms with Crippen LogP contribution >= 0.6 is 11.6 Å². The van der Waals surface area contributed by atoms with Gasteiger partial charge in [0.25, 0.3) is 5.91 Å². The van der Waals surface area contributed by atoms with Gasteiger partial charge in [-0.15, -0.1) is 0 Å². The lowest BCUT2D eigenvalue weighted by Crippen LogP contribution is -2.40. The summed E-state index contributed by atoms with van der Waals surface area (Å²) >= 11 is 6.06. The fraction of sp³-hybridized carbons (Fsp3) is 0.333. The molecule has 1 unspecified atom stereocenters. The number of halogens is 1. The van der Waals surface area contributed by atoms with E-state index in [9.17, 15) is 9.59 Å². The molecule has 0 saturated carbocycles. The SMILES string of the molecule is Cc1ccc2oc(C(=O)NCC(c3ccc(Cl)cc3)N3CCCCC3)cc(=O)c2c1. The lowest BCUT2D eigenvalue weighted by molar-refractivity contribution is 0.0897. The van der Waals surface area contributed by atoms with Gasteiger partial charge in [-0.05, 0) is 62.7 Å². The molecule has 0 aliphatic carbocycles. The molecule has 4 rings (SSSR count). The zero-order valence-corrected chi connectivity index (χ0v) is 17.7. The summed E-state index contributed by atoms with van der Waals surface area (Å²) in [6.07, 6.45) is 3.53. The molecule has 0 spiro atoms. The van der Waals surface area contributed by atoms with Crippen molar-refractivity contribution in [2.75, 3.05) is 19.6 Å². The van der Waals surface area contributed by atoms with Crippen LogP contribution in [0.25, 0.3) is 11.0 Å². The molecule has 30 heavy (non-hydrogen) atoms. The van der Waals surface area contributed by atoms with Crippen LogP contribution in [0.1, 0.15) is 47.0 Å². The maximum Gasteiger partial charge on any atom is 0.287 e. The molecule has 1 atom stereocenters. The van der Waals surface area contributed by atoms with Crippen LogP contribution in [0.5, 0.6) is 0 Å². The van der Waals surface area contributed by atoms with Crippen LogP contribution in [0, 0.1) is 6.92 Å². The maximum atomic E-state index is 12.8. The number of hydrogen-bond donors (Lipinski definition) is 1. The Bertz CT molecular complexity index is 1100. The van der Waals surface area contributed by atoms with Crippen molar-refractivity contribution in [2.45, 2.75) is 32.2 Å². The number of rotatable bonds is 5. The monoisotopic (exact) mass is 424 g/mol. The topological polar surface area (TPSA) is 62.6 Å². The van der Waals surface area contributed by atoms with Crippen molar-refractivity contribution >= 4 is 28.5 Å². The first kappa shape index (κ1) is 20.6. The van der Waals surface area contributed by atoms with Crippen LogP contribution in [-0.4, -0.2) is 30.4 Å². The van der Waals surface area contributed by atoms with Crippen LogP contribution in [0.4, 0.5) is 0 Å². The zero-order chi connectivity index (χ0) is 21.1. The Kier molecular flexibility index (Phi) is 6.21. The number of likely N-dealkylation sites (tertiary alicyclic amines) is 1. The van der Waals surface area contributed by atoms with Gasteiger partial charge in [-0.1, -0.05) is 41.8 Å². The van der Waals surface area contributed by atoms with Gasteiger partial charge in [0.15, 0.2) is 11.2 Å². The number of piperidine rings is 1. The van der Waals surface area contributed by atoms with Gasteiger partial charge in [0.2, 0.25) is 0 Å². The van der Waals surface area contributed by atoms with Gasteiger partial charge in [0.05, 0.1) is 11.4 Å². The lowest BCUT2D eigenvalue weighted by Gasteiger charge is -2.35. The molecule has 1 amide bonds. The Balaban J connectivity index is 1.55. The second-order valence-corrected chi connectivity index (χ2v) is 8.28. The number of hydrogen-bond acceptors (Lipinski definition) is 4.